The van der Waals surface area contributed by atoms with Gasteiger partial charge in [0.2, 0.25) is 10.0 Å². The monoisotopic (exact) mass is 441 g/mol. The van der Waals surface area contributed by atoms with E-state index < -0.39 is 14.9 Å². The van der Waals surface area contributed by atoms with Crippen molar-refractivity contribution in [2.45, 2.75) is 50.1 Å². The third-order valence-corrected chi connectivity index (χ3v) is 7.09. The van der Waals surface area contributed by atoms with Gasteiger partial charge in [0, 0.05) is 30.1 Å². The van der Waals surface area contributed by atoms with E-state index in [1.165, 1.54) is 12.1 Å². The second-order valence-corrected chi connectivity index (χ2v) is 9.41. The van der Waals surface area contributed by atoms with Crippen LogP contribution in [0.3, 0.4) is 0 Å². The van der Waals surface area contributed by atoms with Crippen molar-refractivity contribution in [1.29, 1.82) is 0 Å². The number of benzene rings is 1. The molecule has 31 heavy (non-hydrogen) atoms. The van der Waals surface area contributed by atoms with Gasteiger partial charge in [-0.05, 0) is 43.5 Å². The number of aromatic nitrogens is 3. The SMILES string of the molecule is Cc1ccc([N+](=O)[O-])cc1S(=O)(=O)NCc1cc(-c2ccncc2)n(C2CCCC2)n1. The molecule has 2 heterocycles. The second-order valence-electron chi connectivity index (χ2n) is 7.67. The largest absolute Gasteiger partial charge is 0.270 e. The minimum absolute atomic E-state index is 0.0116. The Morgan fingerprint density at radius 1 is 1.16 bits per heavy atom. The number of nitro groups is 1. The van der Waals surface area contributed by atoms with Crippen molar-refractivity contribution in [3.63, 3.8) is 0 Å². The van der Waals surface area contributed by atoms with Gasteiger partial charge in [0.05, 0.1) is 33.8 Å². The fraction of sp³-hybridized carbons (Fsp3) is 0.333. The summed E-state index contributed by atoms with van der Waals surface area (Å²) in [5.74, 6) is 0. The fourth-order valence-corrected chi connectivity index (χ4v) is 5.20. The van der Waals surface area contributed by atoms with Crippen LogP contribution >= 0.6 is 0 Å². The molecular formula is C21H23N5O4S. The molecule has 1 aliphatic rings. The number of hydrogen-bond donors (Lipinski definition) is 1. The van der Waals surface area contributed by atoms with Crippen molar-refractivity contribution in [1.82, 2.24) is 19.5 Å². The summed E-state index contributed by atoms with van der Waals surface area (Å²) in [6.45, 7) is 1.59. The lowest BCUT2D eigenvalue weighted by atomic mass is 10.1. The van der Waals surface area contributed by atoms with Crippen LogP contribution in [-0.2, 0) is 16.6 Å². The molecule has 162 valence electrons. The number of aryl methyl sites for hydroxylation is 1. The second kappa shape index (κ2) is 8.56. The zero-order chi connectivity index (χ0) is 22.0. The first-order valence-electron chi connectivity index (χ1n) is 10.1. The van der Waals surface area contributed by atoms with Crippen LogP contribution in [0.25, 0.3) is 11.3 Å². The van der Waals surface area contributed by atoms with Crippen molar-refractivity contribution < 1.29 is 13.3 Å². The summed E-state index contributed by atoms with van der Waals surface area (Å²) < 4.78 is 30.2. The smallest absolute Gasteiger partial charge is 0.265 e. The Morgan fingerprint density at radius 3 is 2.55 bits per heavy atom. The van der Waals surface area contributed by atoms with E-state index in [0.717, 1.165) is 43.0 Å². The summed E-state index contributed by atoms with van der Waals surface area (Å²) in [5.41, 5.74) is 2.65. The Morgan fingerprint density at radius 2 is 1.87 bits per heavy atom. The van der Waals surface area contributed by atoms with Crippen molar-refractivity contribution in [2.24, 2.45) is 0 Å². The highest BCUT2D eigenvalue weighted by Gasteiger charge is 2.24. The zero-order valence-electron chi connectivity index (χ0n) is 17.1. The maximum absolute atomic E-state index is 12.8. The Bertz CT molecular complexity index is 1200. The first-order valence-corrected chi connectivity index (χ1v) is 11.6. The lowest BCUT2D eigenvalue weighted by Gasteiger charge is -2.14. The number of non-ortho nitro benzene ring substituents is 1. The highest BCUT2D eigenvalue weighted by atomic mass is 32.2. The van der Waals surface area contributed by atoms with Gasteiger partial charge in [-0.1, -0.05) is 18.9 Å². The van der Waals surface area contributed by atoms with E-state index in [2.05, 4.69) is 9.71 Å². The van der Waals surface area contributed by atoms with Crippen LogP contribution in [0.15, 0.2) is 53.7 Å². The van der Waals surface area contributed by atoms with Crippen LogP contribution in [0, 0.1) is 17.0 Å². The van der Waals surface area contributed by atoms with E-state index in [9.17, 15) is 18.5 Å². The number of hydrogen-bond acceptors (Lipinski definition) is 6. The molecule has 1 N–H and O–H groups in total. The molecule has 0 radical (unpaired) electrons. The van der Waals surface area contributed by atoms with Crippen molar-refractivity contribution in [3.05, 3.63) is 70.2 Å². The van der Waals surface area contributed by atoms with E-state index in [1.807, 2.05) is 22.9 Å². The Labute approximate surface area is 180 Å². The predicted octanol–water partition coefficient (Wildman–Crippen LogP) is 3.76. The molecule has 1 saturated carbocycles. The van der Waals surface area contributed by atoms with Gasteiger partial charge in [-0.25, -0.2) is 13.1 Å². The average Bonchev–Trinajstić information content (AvgIpc) is 3.43. The summed E-state index contributed by atoms with van der Waals surface area (Å²) in [7, 11) is -3.95. The van der Waals surface area contributed by atoms with Gasteiger partial charge in [0.15, 0.2) is 0 Å². The zero-order valence-corrected chi connectivity index (χ0v) is 17.9. The number of sulfonamides is 1. The molecule has 0 atom stereocenters. The highest BCUT2D eigenvalue weighted by molar-refractivity contribution is 7.89. The van der Waals surface area contributed by atoms with E-state index in [0.29, 0.717) is 11.3 Å². The summed E-state index contributed by atoms with van der Waals surface area (Å²) in [6, 6.07) is 9.79. The standard InChI is InChI=1S/C21H23N5O4S/c1-15-6-7-19(26(27)28)13-21(15)31(29,30)23-14-17-12-20(16-8-10-22-11-9-16)25(24-17)18-4-2-3-5-18/h6-13,18,23H,2-5,14H2,1H3. The Balaban J connectivity index is 1.61. The topological polar surface area (TPSA) is 120 Å². The van der Waals surface area contributed by atoms with Gasteiger partial charge >= 0.3 is 0 Å². The molecule has 10 heteroatoms. The lowest BCUT2D eigenvalue weighted by Crippen LogP contribution is -2.24. The molecule has 1 aliphatic carbocycles. The van der Waals surface area contributed by atoms with Crippen LogP contribution in [-0.4, -0.2) is 28.1 Å². The first-order chi connectivity index (χ1) is 14.8. The van der Waals surface area contributed by atoms with Crippen molar-refractivity contribution in [2.75, 3.05) is 0 Å². The Kier molecular flexibility index (Phi) is 5.84. The van der Waals surface area contributed by atoms with Crippen molar-refractivity contribution >= 4 is 15.7 Å². The summed E-state index contributed by atoms with van der Waals surface area (Å²) >= 11 is 0. The molecule has 0 spiro atoms. The number of rotatable bonds is 7. The predicted molar refractivity (Wildman–Crippen MR) is 115 cm³/mol. The van der Waals surface area contributed by atoms with Gasteiger partial charge in [0.25, 0.3) is 5.69 Å². The number of nitrogens with one attached hydrogen (secondary N) is 1. The number of nitro benzene ring substituents is 1. The number of pyridine rings is 1. The average molecular weight is 442 g/mol. The maximum atomic E-state index is 12.8. The molecule has 1 fully saturated rings. The van der Waals surface area contributed by atoms with E-state index in [1.54, 1.807) is 19.3 Å². The van der Waals surface area contributed by atoms with Crippen LogP contribution in [0.5, 0.6) is 0 Å². The van der Waals surface area contributed by atoms with Crippen molar-refractivity contribution in [3.8, 4) is 11.3 Å². The van der Waals surface area contributed by atoms with Crippen LogP contribution in [0.2, 0.25) is 0 Å². The minimum atomic E-state index is -3.95. The molecule has 0 amide bonds. The molecule has 4 rings (SSSR count). The lowest BCUT2D eigenvalue weighted by molar-refractivity contribution is -0.385. The third-order valence-electron chi connectivity index (χ3n) is 5.55. The third kappa shape index (κ3) is 4.49. The molecule has 0 bridgehead atoms. The summed E-state index contributed by atoms with van der Waals surface area (Å²) in [5, 5.41) is 15.7. The first kappa shape index (κ1) is 21.1. The number of nitrogens with zero attached hydrogens (tertiary/aromatic N) is 4. The van der Waals surface area contributed by atoms with Gasteiger partial charge in [0.1, 0.15) is 0 Å². The van der Waals surface area contributed by atoms with Crippen LogP contribution in [0.1, 0.15) is 43.0 Å². The normalized spacial score (nSPS) is 14.7. The molecule has 0 saturated heterocycles. The minimum Gasteiger partial charge on any atom is -0.265 e. The fourth-order valence-electron chi connectivity index (χ4n) is 3.94. The molecule has 2 aromatic heterocycles. The molecule has 0 unspecified atom stereocenters. The maximum Gasteiger partial charge on any atom is 0.270 e. The van der Waals surface area contributed by atoms with E-state index >= 15 is 0 Å². The van der Waals surface area contributed by atoms with Crippen LogP contribution in [0.4, 0.5) is 5.69 Å². The highest BCUT2D eigenvalue weighted by Crippen LogP contribution is 2.33. The van der Waals surface area contributed by atoms with Gasteiger partial charge in [-0.2, -0.15) is 5.10 Å². The molecule has 0 aliphatic heterocycles. The quantitative estimate of drug-likeness (QED) is 0.440. The van der Waals surface area contributed by atoms with E-state index in [4.69, 9.17) is 5.10 Å². The van der Waals surface area contributed by atoms with Gasteiger partial charge in [-0.3, -0.25) is 19.8 Å². The van der Waals surface area contributed by atoms with E-state index in [-0.39, 0.29) is 23.2 Å². The Hall–Kier alpha value is -3.11. The van der Waals surface area contributed by atoms with Crippen LogP contribution < -0.4 is 4.72 Å². The van der Waals surface area contributed by atoms with Gasteiger partial charge < -0.3 is 0 Å². The summed E-state index contributed by atoms with van der Waals surface area (Å²) in [6.07, 6.45) is 7.81. The molecule has 3 aromatic rings. The molecular weight excluding hydrogens is 418 g/mol. The van der Waals surface area contributed by atoms with Gasteiger partial charge in [-0.15, -0.1) is 0 Å². The molecule has 1 aromatic carbocycles. The molecule has 9 nitrogen and oxygen atoms in total. The summed E-state index contributed by atoms with van der Waals surface area (Å²) in [4.78, 5) is 14.4.